The number of benzene rings is 1. The Morgan fingerprint density at radius 1 is 1.33 bits per heavy atom. The fourth-order valence-corrected chi connectivity index (χ4v) is 2.44. The fraction of sp³-hybridized carbons (Fsp3) is 0.375. The zero-order chi connectivity index (χ0) is 15.4. The van der Waals surface area contributed by atoms with E-state index in [1.165, 1.54) is 11.6 Å². The first-order chi connectivity index (χ1) is 10.1. The van der Waals surface area contributed by atoms with Crippen molar-refractivity contribution in [2.75, 3.05) is 7.11 Å². The van der Waals surface area contributed by atoms with Crippen LogP contribution in [-0.4, -0.2) is 23.3 Å². The number of ether oxygens (including phenoxy) is 1. The van der Waals surface area contributed by atoms with Gasteiger partial charge in [-0.3, -0.25) is 0 Å². The zero-order valence-corrected chi connectivity index (χ0v) is 12.4. The quantitative estimate of drug-likeness (QED) is 0.871. The molecule has 0 unspecified atom stereocenters. The summed E-state index contributed by atoms with van der Waals surface area (Å²) in [6, 6.07) is 7.32. The highest BCUT2D eigenvalue weighted by Crippen LogP contribution is 2.35. The van der Waals surface area contributed by atoms with Crippen molar-refractivity contribution in [3.05, 3.63) is 35.5 Å². The lowest BCUT2D eigenvalue weighted by Crippen LogP contribution is -1.97. The minimum Gasteiger partial charge on any atom is -0.496 e. The highest BCUT2D eigenvalue weighted by molar-refractivity contribution is 5.86. The van der Waals surface area contributed by atoms with E-state index < -0.39 is 5.97 Å². The topological polar surface area (TPSA) is 72.6 Å². The minimum atomic E-state index is -1.11. The molecule has 112 valence electrons. The molecule has 0 aliphatic carbocycles. The highest BCUT2D eigenvalue weighted by Gasteiger charge is 2.17. The molecule has 1 N–H and O–H groups in total. The molecule has 5 heteroatoms. The second kappa shape index (κ2) is 6.43. The summed E-state index contributed by atoms with van der Waals surface area (Å²) in [7, 11) is 1.57. The van der Waals surface area contributed by atoms with Gasteiger partial charge in [-0.25, -0.2) is 4.79 Å². The van der Waals surface area contributed by atoms with Crippen molar-refractivity contribution in [3.8, 4) is 17.1 Å². The number of aromatic carboxylic acids is 1. The van der Waals surface area contributed by atoms with Crippen molar-refractivity contribution in [2.24, 2.45) is 0 Å². The van der Waals surface area contributed by atoms with Gasteiger partial charge in [0, 0.05) is 6.07 Å². The number of carbonyl (C=O) groups is 1. The lowest BCUT2D eigenvalue weighted by atomic mass is 9.92. The van der Waals surface area contributed by atoms with Crippen molar-refractivity contribution in [1.29, 1.82) is 0 Å². The van der Waals surface area contributed by atoms with Gasteiger partial charge in [0.2, 0.25) is 0 Å². The molecule has 2 rings (SSSR count). The van der Waals surface area contributed by atoms with Crippen LogP contribution in [0.5, 0.6) is 5.75 Å². The molecule has 1 aromatic heterocycles. The van der Waals surface area contributed by atoms with Crippen molar-refractivity contribution in [1.82, 2.24) is 5.16 Å². The van der Waals surface area contributed by atoms with Gasteiger partial charge in [-0.15, -0.1) is 0 Å². The lowest BCUT2D eigenvalue weighted by Gasteiger charge is -2.15. The van der Waals surface area contributed by atoms with Crippen LogP contribution in [0.25, 0.3) is 11.3 Å². The van der Waals surface area contributed by atoms with E-state index >= 15 is 0 Å². The van der Waals surface area contributed by atoms with Gasteiger partial charge >= 0.3 is 5.97 Å². The Kier molecular flexibility index (Phi) is 4.62. The number of nitrogens with zero attached hydrogens (tertiary/aromatic N) is 1. The Bertz CT molecular complexity index is 629. The Morgan fingerprint density at radius 3 is 2.57 bits per heavy atom. The summed E-state index contributed by atoms with van der Waals surface area (Å²) in [6.07, 6.45) is 2.08. The van der Waals surface area contributed by atoms with Crippen LogP contribution in [0.1, 0.15) is 48.7 Å². The molecule has 5 nitrogen and oxygen atoms in total. The average Bonchev–Trinajstić information content (AvgIpc) is 2.98. The maximum absolute atomic E-state index is 10.9. The fourth-order valence-electron chi connectivity index (χ4n) is 2.44. The molecular weight excluding hydrogens is 270 g/mol. The standard InChI is InChI=1S/C16H19NO4/c1-4-10(5-2)11-6-7-14(20-3)12(8-11)15-9-13(16(18)19)17-21-15/h6-10H,4-5H2,1-3H3,(H,18,19). The molecule has 0 saturated heterocycles. The van der Waals surface area contributed by atoms with Crippen LogP contribution in [0.2, 0.25) is 0 Å². The van der Waals surface area contributed by atoms with Gasteiger partial charge in [0.25, 0.3) is 0 Å². The number of carboxylic acids is 1. The van der Waals surface area contributed by atoms with Crippen molar-refractivity contribution < 1.29 is 19.2 Å². The molecule has 0 fully saturated rings. The highest BCUT2D eigenvalue weighted by atomic mass is 16.5. The number of aromatic nitrogens is 1. The smallest absolute Gasteiger partial charge is 0.358 e. The van der Waals surface area contributed by atoms with Crippen LogP contribution >= 0.6 is 0 Å². The van der Waals surface area contributed by atoms with E-state index in [9.17, 15) is 4.79 Å². The maximum Gasteiger partial charge on any atom is 0.358 e. The number of carboxylic acid groups (broad SMARTS) is 1. The first kappa shape index (κ1) is 15.1. The van der Waals surface area contributed by atoms with Gasteiger partial charge < -0.3 is 14.4 Å². The lowest BCUT2D eigenvalue weighted by molar-refractivity contribution is 0.0686. The van der Waals surface area contributed by atoms with Gasteiger partial charge in [0.1, 0.15) is 5.75 Å². The van der Waals surface area contributed by atoms with Crippen LogP contribution in [0.3, 0.4) is 0 Å². The molecule has 2 aromatic rings. The monoisotopic (exact) mass is 289 g/mol. The van der Waals surface area contributed by atoms with Crippen LogP contribution < -0.4 is 4.74 Å². The SMILES string of the molecule is CCC(CC)c1ccc(OC)c(-c2cc(C(=O)O)no2)c1. The summed E-state index contributed by atoms with van der Waals surface area (Å²) in [6.45, 7) is 4.30. The van der Waals surface area contributed by atoms with Crippen molar-refractivity contribution >= 4 is 5.97 Å². The third-order valence-corrected chi connectivity index (χ3v) is 3.68. The summed E-state index contributed by atoms with van der Waals surface area (Å²) in [4.78, 5) is 10.9. The van der Waals surface area contributed by atoms with E-state index in [2.05, 4.69) is 19.0 Å². The molecule has 1 aromatic carbocycles. The molecule has 0 amide bonds. The van der Waals surface area contributed by atoms with Gasteiger partial charge in [0.15, 0.2) is 11.5 Å². The van der Waals surface area contributed by atoms with E-state index in [0.717, 1.165) is 18.4 Å². The summed E-state index contributed by atoms with van der Waals surface area (Å²) in [5, 5.41) is 12.5. The second-order valence-electron chi connectivity index (χ2n) is 4.85. The summed E-state index contributed by atoms with van der Waals surface area (Å²) >= 11 is 0. The van der Waals surface area contributed by atoms with E-state index in [1.54, 1.807) is 7.11 Å². The summed E-state index contributed by atoms with van der Waals surface area (Å²) in [5.41, 5.74) is 1.80. The normalized spacial score (nSPS) is 10.9. The molecule has 0 radical (unpaired) electrons. The number of hydrogen-bond acceptors (Lipinski definition) is 4. The Balaban J connectivity index is 2.48. The predicted molar refractivity (Wildman–Crippen MR) is 78.8 cm³/mol. The van der Waals surface area contributed by atoms with E-state index in [4.69, 9.17) is 14.4 Å². The number of rotatable bonds is 6. The molecule has 0 aliphatic heterocycles. The Morgan fingerprint density at radius 2 is 2.05 bits per heavy atom. The first-order valence-corrected chi connectivity index (χ1v) is 6.99. The van der Waals surface area contributed by atoms with Gasteiger partial charge in [-0.2, -0.15) is 0 Å². The molecule has 0 saturated carbocycles. The number of hydrogen-bond donors (Lipinski definition) is 1. The van der Waals surface area contributed by atoms with E-state index in [0.29, 0.717) is 17.4 Å². The molecule has 21 heavy (non-hydrogen) atoms. The predicted octanol–water partition coefficient (Wildman–Crippen LogP) is 3.95. The molecule has 0 aliphatic rings. The first-order valence-electron chi connectivity index (χ1n) is 6.99. The van der Waals surface area contributed by atoms with E-state index in [-0.39, 0.29) is 5.69 Å². The van der Waals surface area contributed by atoms with Gasteiger partial charge in [-0.05, 0) is 36.5 Å². The molecule has 1 heterocycles. The molecular formula is C16H19NO4. The van der Waals surface area contributed by atoms with E-state index in [1.807, 2.05) is 18.2 Å². The maximum atomic E-state index is 10.9. The minimum absolute atomic E-state index is 0.111. The third-order valence-electron chi connectivity index (χ3n) is 3.68. The summed E-state index contributed by atoms with van der Waals surface area (Å²) in [5.74, 6) is 0.381. The molecule has 0 bridgehead atoms. The van der Waals surface area contributed by atoms with Crippen LogP contribution in [0, 0.1) is 0 Å². The van der Waals surface area contributed by atoms with Crippen LogP contribution in [-0.2, 0) is 0 Å². The largest absolute Gasteiger partial charge is 0.496 e. The average molecular weight is 289 g/mol. The Hall–Kier alpha value is -2.30. The van der Waals surface area contributed by atoms with Crippen molar-refractivity contribution in [3.63, 3.8) is 0 Å². The van der Waals surface area contributed by atoms with Gasteiger partial charge in [-0.1, -0.05) is 25.1 Å². The molecule has 0 spiro atoms. The zero-order valence-electron chi connectivity index (χ0n) is 12.4. The van der Waals surface area contributed by atoms with Crippen molar-refractivity contribution in [2.45, 2.75) is 32.6 Å². The van der Waals surface area contributed by atoms with Gasteiger partial charge in [0.05, 0.1) is 12.7 Å². The number of methoxy groups -OCH3 is 1. The Labute approximate surface area is 123 Å². The second-order valence-corrected chi connectivity index (χ2v) is 4.85. The van der Waals surface area contributed by atoms with Crippen LogP contribution in [0.4, 0.5) is 0 Å². The summed E-state index contributed by atoms with van der Waals surface area (Å²) < 4.78 is 10.5. The third kappa shape index (κ3) is 3.07. The van der Waals surface area contributed by atoms with Crippen LogP contribution in [0.15, 0.2) is 28.8 Å². The molecule has 0 atom stereocenters.